The number of nitrogen functional groups attached to an aromatic ring is 1. The molecule has 0 saturated carbocycles. The third-order valence-corrected chi connectivity index (χ3v) is 4.29. The second-order valence-electron chi connectivity index (χ2n) is 7.06. The lowest BCUT2D eigenvalue weighted by atomic mass is 10.1. The van der Waals surface area contributed by atoms with Crippen LogP contribution in [0.5, 0.6) is 0 Å². The monoisotopic (exact) mass is 372 g/mol. The summed E-state index contributed by atoms with van der Waals surface area (Å²) in [5.41, 5.74) is 5.92. The fourth-order valence-corrected chi connectivity index (χ4v) is 2.89. The SMILES string of the molecule is CCCCn1c(N)c(N(Cc2ccccc2)C(=O)CC(C)C)c(=O)[nH]c1=O. The summed E-state index contributed by atoms with van der Waals surface area (Å²) in [7, 11) is 0. The van der Waals surface area contributed by atoms with E-state index < -0.39 is 11.2 Å². The molecule has 7 nitrogen and oxygen atoms in total. The summed E-state index contributed by atoms with van der Waals surface area (Å²) in [5.74, 6) is -0.0425. The highest BCUT2D eigenvalue weighted by Crippen LogP contribution is 2.22. The summed E-state index contributed by atoms with van der Waals surface area (Å²) in [5, 5.41) is 0. The maximum atomic E-state index is 12.9. The van der Waals surface area contributed by atoms with Crippen LogP contribution in [0.2, 0.25) is 0 Å². The zero-order valence-corrected chi connectivity index (χ0v) is 16.2. The Labute approximate surface area is 158 Å². The molecule has 146 valence electrons. The van der Waals surface area contributed by atoms with Crippen molar-refractivity contribution >= 4 is 17.4 Å². The van der Waals surface area contributed by atoms with Gasteiger partial charge in [-0.1, -0.05) is 57.5 Å². The number of rotatable bonds is 8. The van der Waals surface area contributed by atoms with Crippen LogP contribution in [-0.2, 0) is 17.9 Å². The first-order valence-corrected chi connectivity index (χ1v) is 9.32. The van der Waals surface area contributed by atoms with Gasteiger partial charge in [0, 0.05) is 13.0 Å². The van der Waals surface area contributed by atoms with Gasteiger partial charge in [-0.3, -0.25) is 19.1 Å². The number of H-pyrrole nitrogens is 1. The Hall–Kier alpha value is -2.83. The van der Waals surface area contributed by atoms with Crippen LogP contribution >= 0.6 is 0 Å². The molecule has 0 spiro atoms. The minimum atomic E-state index is -0.640. The van der Waals surface area contributed by atoms with Crippen LogP contribution < -0.4 is 21.9 Å². The molecule has 2 aromatic rings. The van der Waals surface area contributed by atoms with Gasteiger partial charge in [-0.15, -0.1) is 0 Å². The summed E-state index contributed by atoms with van der Waals surface area (Å²) in [6.45, 7) is 6.48. The molecule has 27 heavy (non-hydrogen) atoms. The number of nitrogens with two attached hydrogens (primary N) is 1. The Balaban J connectivity index is 2.55. The van der Waals surface area contributed by atoms with Crippen LogP contribution in [0.15, 0.2) is 39.9 Å². The number of carbonyl (C=O) groups is 1. The van der Waals surface area contributed by atoms with E-state index in [0.29, 0.717) is 6.54 Å². The molecule has 0 unspecified atom stereocenters. The number of hydrogen-bond donors (Lipinski definition) is 2. The molecule has 1 heterocycles. The van der Waals surface area contributed by atoms with Gasteiger partial charge >= 0.3 is 5.69 Å². The quantitative estimate of drug-likeness (QED) is 0.743. The Kier molecular flexibility index (Phi) is 6.98. The minimum Gasteiger partial charge on any atom is -0.383 e. The molecule has 1 amide bonds. The molecule has 0 bridgehead atoms. The standard InChI is InChI=1S/C20H28N4O3/c1-4-5-11-23-18(21)17(19(26)22-20(23)27)24(16(25)12-14(2)3)13-15-9-7-6-8-10-15/h6-10,14H,4-5,11-13,21H2,1-3H3,(H,22,26,27). The second-order valence-corrected chi connectivity index (χ2v) is 7.06. The summed E-state index contributed by atoms with van der Waals surface area (Å²) in [4.78, 5) is 41.3. The van der Waals surface area contributed by atoms with E-state index in [-0.39, 0.29) is 36.3 Å². The van der Waals surface area contributed by atoms with Crippen molar-refractivity contribution in [2.45, 2.75) is 53.1 Å². The third-order valence-electron chi connectivity index (χ3n) is 4.29. The van der Waals surface area contributed by atoms with E-state index in [1.807, 2.05) is 51.1 Å². The number of amides is 1. The van der Waals surface area contributed by atoms with Gasteiger partial charge in [0.25, 0.3) is 5.56 Å². The molecule has 7 heteroatoms. The van der Waals surface area contributed by atoms with Crippen molar-refractivity contribution < 1.29 is 4.79 Å². The predicted octanol–water partition coefficient (Wildman–Crippen LogP) is 2.50. The van der Waals surface area contributed by atoms with Gasteiger partial charge in [-0.25, -0.2) is 4.79 Å². The number of nitrogens with zero attached hydrogens (tertiary/aromatic N) is 2. The lowest BCUT2D eigenvalue weighted by molar-refractivity contribution is -0.119. The Bertz CT molecular complexity index is 884. The zero-order valence-electron chi connectivity index (χ0n) is 16.2. The number of nitrogens with one attached hydrogen (secondary N) is 1. The first-order chi connectivity index (χ1) is 12.8. The van der Waals surface area contributed by atoms with Crippen LogP contribution in [0.1, 0.15) is 45.6 Å². The molecule has 0 saturated heterocycles. The molecule has 0 aliphatic carbocycles. The van der Waals surface area contributed by atoms with Crippen molar-refractivity contribution in [2.24, 2.45) is 5.92 Å². The average molecular weight is 372 g/mol. The van der Waals surface area contributed by atoms with Crippen molar-refractivity contribution in [3.05, 3.63) is 56.7 Å². The maximum Gasteiger partial charge on any atom is 0.330 e. The van der Waals surface area contributed by atoms with Crippen LogP contribution in [0.3, 0.4) is 0 Å². The maximum absolute atomic E-state index is 12.9. The lowest BCUT2D eigenvalue weighted by Crippen LogP contribution is -2.41. The van der Waals surface area contributed by atoms with Crippen LogP contribution in [0, 0.1) is 5.92 Å². The average Bonchev–Trinajstić information content (AvgIpc) is 2.60. The van der Waals surface area contributed by atoms with Crippen molar-refractivity contribution in [1.82, 2.24) is 9.55 Å². The van der Waals surface area contributed by atoms with Gasteiger partial charge in [-0.05, 0) is 17.9 Å². The highest BCUT2D eigenvalue weighted by molar-refractivity contribution is 5.95. The Morgan fingerprint density at radius 2 is 1.89 bits per heavy atom. The second kappa shape index (κ2) is 9.21. The molecule has 3 N–H and O–H groups in total. The molecule has 0 radical (unpaired) electrons. The molecule has 1 aromatic carbocycles. The number of anilines is 2. The molecule has 0 atom stereocenters. The van der Waals surface area contributed by atoms with Gasteiger partial charge in [0.05, 0.1) is 6.54 Å². The number of carbonyl (C=O) groups excluding carboxylic acids is 1. The fraction of sp³-hybridized carbons (Fsp3) is 0.450. The molecule has 0 aliphatic rings. The van der Waals surface area contributed by atoms with Crippen molar-refractivity contribution in [3.63, 3.8) is 0 Å². The first kappa shape index (κ1) is 20.5. The van der Waals surface area contributed by atoms with Gasteiger partial charge in [0.1, 0.15) is 5.82 Å². The van der Waals surface area contributed by atoms with E-state index >= 15 is 0 Å². The number of hydrogen-bond acceptors (Lipinski definition) is 4. The van der Waals surface area contributed by atoms with Crippen molar-refractivity contribution in [1.29, 1.82) is 0 Å². The van der Waals surface area contributed by atoms with Crippen LogP contribution in [-0.4, -0.2) is 15.5 Å². The van der Waals surface area contributed by atoms with Gasteiger partial charge in [0.15, 0.2) is 5.69 Å². The van der Waals surface area contributed by atoms with E-state index in [1.165, 1.54) is 9.47 Å². The smallest absolute Gasteiger partial charge is 0.330 e. The van der Waals surface area contributed by atoms with E-state index in [9.17, 15) is 14.4 Å². The summed E-state index contributed by atoms with van der Waals surface area (Å²) >= 11 is 0. The Morgan fingerprint density at radius 3 is 2.48 bits per heavy atom. The topological polar surface area (TPSA) is 101 Å². The molecule has 1 aromatic heterocycles. The molecular formula is C20H28N4O3. The molecule has 0 aliphatic heterocycles. The summed E-state index contributed by atoms with van der Waals surface area (Å²) < 4.78 is 1.33. The summed E-state index contributed by atoms with van der Waals surface area (Å²) in [6.07, 6.45) is 1.90. The lowest BCUT2D eigenvalue weighted by Gasteiger charge is -2.25. The largest absolute Gasteiger partial charge is 0.383 e. The number of unbranched alkanes of at least 4 members (excludes halogenated alkanes) is 1. The summed E-state index contributed by atoms with van der Waals surface area (Å²) in [6, 6.07) is 9.39. The van der Waals surface area contributed by atoms with E-state index in [4.69, 9.17) is 5.73 Å². The Morgan fingerprint density at radius 1 is 1.22 bits per heavy atom. The zero-order chi connectivity index (χ0) is 20.0. The number of benzene rings is 1. The first-order valence-electron chi connectivity index (χ1n) is 9.32. The number of aromatic amines is 1. The van der Waals surface area contributed by atoms with Crippen molar-refractivity contribution in [2.75, 3.05) is 10.6 Å². The molecular weight excluding hydrogens is 344 g/mol. The molecule has 2 rings (SSSR count). The molecule has 0 fully saturated rings. The fourth-order valence-electron chi connectivity index (χ4n) is 2.89. The van der Waals surface area contributed by atoms with E-state index in [0.717, 1.165) is 18.4 Å². The minimum absolute atomic E-state index is 0.0326. The highest BCUT2D eigenvalue weighted by Gasteiger charge is 2.24. The normalized spacial score (nSPS) is 11.0. The van der Waals surface area contributed by atoms with Crippen LogP contribution in [0.4, 0.5) is 11.5 Å². The van der Waals surface area contributed by atoms with Crippen LogP contribution in [0.25, 0.3) is 0 Å². The number of aromatic nitrogens is 2. The van der Waals surface area contributed by atoms with Crippen molar-refractivity contribution in [3.8, 4) is 0 Å². The van der Waals surface area contributed by atoms with E-state index in [2.05, 4.69) is 4.98 Å². The van der Waals surface area contributed by atoms with Gasteiger partial charge in [0.2, 0.25) is 5.91 Å². The predicted molar refractivity (Wildman–Crippen MR) is 108 cm³/mol. The van der Waals surface area contributed by atoms with Gasteiger partial charge in [-0.2, -0.15) is 0 Å². The highest BCUT2D eigenvalue weighted by atomic mass is 16.2. The third kappa shape index (κ3) is 5.09. The van der Waals surface area contributed by atoms with E-state index in [1.54, 1.807) is 0 Å². The van der Waals surface area contributed by atoms with Gasteiger partial charge < -0.3 is 10.6 Å².